The van der Waals surface area contributed by atoms with Crippen LogP contribution >= 0.6 is 0 Å². The van der Waals surface area contributed by atoms with E-state index in [9.17, 15) is 13.2 Å². The van der Waals surface area contributed by atoms with Crippen LogP contribution in [0.4, 0.5) is 18.9 Å². The van der Waals surface area contributed by atoms with Crippen LogP contribution in [0.3, 0.4) is 0 Å². The molecule has 0 spiro atoms. The second-order valence-electron chi connectivity index (χ2n) is 5.16. The summed E-state index contributed by atoms with van der Waals surface area (Å²) in [6.45, 7) is 1.27. The standard InChI is InChI=1S/C13H15F3N2/c1-12(13(14,15)16)7-11(18(2)8-12)9-3-5-10(17)6-4-9/h3-6,17H,7-8H2,1-2H3/p+1. The summed E-state index contributed by atoms with van der Waals surface area (Å²) in [5.41, 5.74) is 6.04. The smallest absolute Gasteiger partial charge is 0.399 e. The number of halogens is 3. The van der Waals surface area contributed by atoms with Crippen LogP contribution in [0, 0.1) is 5.41 Å². The fraction of sp³-hybridized carbons (Fsp3) is 0.462. The van der Waals surface area contributed by atoms with E-state index in [4.69, 9.17) is 5.73 Å². The number of benzene rings is 1. The molecule has 2 nitrogen and oxygen atoms in total. The van der Waals surface area contributed by atoms with E-state index in [1.54, 1.807) is 35.9 Å². The van der Waals surface area contributed by atoms with Crippen LogP contribution in [-0.2, 0) is 0 Å². The Morgan fingerprint density at radius 2 is 1.78 bits per heavy atom. The van der Waals surface area contributed by atoms with Crippen molar-refractivity contribution in [3.63, 3.8) is 0 Å². The molecule has 1 atom stereocenters. The van der Waals surface area contributed by atoms with Gasteiger partial charge in [-0.25, -0.2) is 4.58 Å². The Labute approximate surface area is 104 Å². The van der Waals surface area contributed by atoms with Crippen molar-refractivity contribution >= 4 is 11.4 Å². The zero-order valence-electron chi connectivity index (χ0n) is 10.4. The molecule has 0 aromatic heterocycles. The van der Waals surface area contributed by atoms with Crippen LogP contribution in [0.5, 0.6) is 0 Å². The molecule has 1 aliphatic rings. The molecule has 1 aromatic rings. The highest BCUT2D eigenvalue weighted by molar-refractivity contribution is 5.98. The summed E-state index contributed by atoms with van der Waals surface area (Å²) in [4.78, 5) is 0. The van der Waals surface area contributed by atoms with Crippen molar-refractivity contribution in [1.82, 2.24) is 0 Å². The molecule has 0 fully saturated rings. The first-order valence-corrected chi connectivity index (χ1v) is 5.72. The largest absolute Gasteiger partial charge is 0.400 e. The van der Waals surface area contributed by atoms with E-state index in [2.05, 4.69) is 0 Å². The molecule has 1 aliphatic heterocycles. The normalized spacial score (nSPS) is 24.7. The number of nitrogen functional groups attached to an aromatic ring is 1. The second kappa shape index (κ2) is 4.00. The van der Waals surface area contributed by atoms with Gasteiger partial charge in [-0.1, -0.05) is 0 Å². The SMILES string of the molecule is C[N+]1=C(c2ccc(N)cc2)CC(C)(C(F)(F)F)C1. The Hall–Kier alpha value is -1.52. The third-order valence-electron chi connectivity index (χ3n) is 3.53. The van der Waals surface area contributed by atoms with Crippen LogP contribution in [0.15, 0.2) is 24.3 Å². The number of nitrogens with zero attached hydrogens (tertiary/aromatic N) is 1. The van der Waals surface area contributed by atoms with Crippen molar-refractivity contribution in [2.24, 2.45) is 5.41 Å². The lowest BCUT2D eigenvalue weighted by Gasteiger charge is -2.23. The van der Waals surface area contributed by atoms with Gasteiger partial charge in [-0.05, 0) is 31.2 Å². The summed E-state index contributed by atoms with van der Waals surface area (Å²) in [5.74, 6) is 0. The van der Waals surface area contributed by atoms with E-state index in [-0.39, 0.29) is 13.0 Å². The summed E-state index contributed by atoms with van der Waals surface area (Å²) in [7, 11) is 1.70. The number of rotatable bonds is 1. The molecule has 2 rings (SSSR count). The molecule has 0 bridgehead atoms. The average molecular weight is 257 g/mol. The molecule has 0 radical (unpaired) electrons. The van der Waals surface area contributed by atoms with Gasteiger partial charge in [0.2, 0.25) is 0 Å². The molecule has 0 amide bonds. The minimum atomic E-state index is -4.18. The molecular formula is C13H16F3N2+. The Balaban J connectivity index is 2.32. The number of alkyl halides is 3. The van der Waals surface area contributed by atoms with Crippen LogP contribution in [0.1, 0.15) is 18.9 Å². The summed E-state index contributed by atoms with van der Waals surface area (Å²) >= 11 is 0. The van der Waals surface area contributed by atoms with Crippen molar-refractivity contribution in [2.45, 2.75) is 19.5 Å². The van der Waals surface area contributed by atoms with Crippen molar-refractivity contribution in [2.75, 3.05) is 19.3 Å². The molecule has 1 heterocycles. The third kappa shape index (κ3) is 2.09. The van der Waals surface area contributed by atoms with Crippen molar-refractivity contribution in [1.29, 1.82) is 0 Å². The van der Waals surface area contributed by atoms with Crippen molar-refractivity contribution in [3.05, 3.63) is 29.8 Å². The van der Waals surface area contributed by atoms with E-state index in [0.29, 0.717) is 5.69 Å². The maximum absolute atomic E-state index is 13.0. The zero-order valence-corrected chi connectivity index (χ0v) is 10.4. The molecule has 0 saturated carbocycles. The molecule has 1 unspecified atom stereocenters. The zero-order chi connectivity index (χ0) is 13.6. The van der Waals surface area contributed by atoms with Crippen LogP contribution in [0.25, 0.3) is 0 Å². The number of hydrogen-bond acceptors (Lipinski definition) is 1. The molecule has 98 valence electrons. The summed E-state index contributed by atoms with van der Waals surface area (Å²) in [6, 6.07) is 6.95. The van der Waals surface area contributed by atoms with Gasteiger partial charge in [0, 0.05) is 11.3 Å². The Kier molecular flexibility index (Phi) is 2.87. The summed E-state index contributed by atoms with van der Waals surface area (Å²) < 4.78 is 40.7. The van der Waals surface area contributed by atoms with Gasteiger partial charge in [0.1, 0.15) is 12.5 Å². The van der Waals surface area contributed by atoms with Gasteiger partial charge >= 0.3 is 6.18 Å². The summed E-state index contributed by atoms with van der Waals surface area (Å²) in [5, 5.41) is 0. The minimum absolute atomic E-state index is 0.00376. The number of anilines is 1. The maximum Gasteiger partial charge on any atom is 0.400 e. The maximum atomic E-state index is 13.0. The van der Waals surface area contributed by atoms with Gasteiger partial charge < -0.3 is 5.73 Å². The van der Waals surface area contributed by atoms with Crippen LogP contribution in [0.2, 0.25) is 0 Å². The van der Waals surface area contributed by atoms with Crippen molar-refractivity contribution < 1.29 is 17.7 Å². The molecule has 18 heavy (non-hydrogen) atoms. The Morgan fingerprint density at radius 3 is 2.22 bits per heavy atom. The number of hydrogen-bond donors (Lipinski definition) is 1. The van der Waals surface area contributed by atoms with E-state index >= 15 is 0 Å². The molecule has 0 aliphatic carbocycles. The summed E-state index contributed by atoms with van der Waals surface area (Å²) in [6.07, 6.45) is -4.17. The second-order valence-corrected chi connectivity index (χ2v) is 5.16. The van der Waals surface area contributed by atoms with Gasteiger partial charge in [0.15, 0.2) is 12.3 Å². The van der Waals surface area contributed by atoms with Gasteiger partial charge in [-0.3, -0.25) is 0 Å². The first kappa shape index (κ1) is 12.9. The quantitative estimate of drug-likeness (QED) is 0.608. The van der Waals surface area contributed by atoms with E-state index in [1.807, 2.05) is 0 Å². The van der Waals surface area contributed by atoms with Gasteiger partial charge in [-0.15, -0.1) is 0 Å². The van der Waals surface area contributed by atoms with Gasteiger partial charge in [-0.2, -0.15) is 13.2 Å². The molecule has 5 heteroatoms. The predicted octanol–water partition coefficient (Wildman–Crippen LogP) is 2.67. The van der Waals surface area contributed by atoms with Crippen molar-refractivity contribution in [3.8, 4) is 0 Å². The highest BCUT2D eigenvalue weighted by Gasteiger charge is 2.58. The highest BCUT2D eigenvalue weighted by Crippen LogP contribution is 2.44. The van der Waals surface area contributed by atoms with Gasteiger partial charge in [0.05, 0.1) is 6.42 Å². The third-order valence-corrected chi connectivity index (χ3v) is 3.53. The Morgan fingerprint density at radius 1 is 1.22 bits per heavy atom. The van der Waals surface area contributed by atoms with Gasteiger partial charge in [0.25, 0.3) is 0 Å². The van der Waals surface area contributed by atoms with E-state index < -0.39 is 11.6 Å². The molecule has 0 saturated heterocycles. The number of nitrogens with two attached hydrogens (primary N) is 1. The average Bonchev–Trinajstić information content (AvgIpc) is 2.56. The fourth-order valence-electron chi connectivity index (χ4n) is 2.37. The topological polar surface area (TPSA) is 29.0 Å². The lowest BCUT2D eigenvalue weighted by Crippen LogP contribution is -2.37. The Bertz CT molecular complexity index is 488. The molecular weight excluding hydrogens is 241 g/mol. The molecule has 2 N–H and O–H groups in total. The first-order valence-electron chi connectivity index (χ1n) is 5.72. The lowest BCUT2D eigenvalue weighted by atomic mass is 9.85. The van der Waals surface area contributed by atoms with E-state index in [0.717, 1.165) is 11.3 Å². The minimum Gasteiger partial charge on any atom is -0.399 e. The van der Waals surface area contributed by atoms with E-state index in [1.165, 1.54) is 6.92 Å². The molecule has 1 aromatic carbocycles. The van der Waals surface area contributed by atoms with Crippen LogP contribution in [-0.4, -0.2) is 30.1 Å². The highest BCUT2D eigenvalue weighted by atomic mass is 19.4. The monoisotopic (exact) mass is 257 g/mol. The predicted molar refractivity (Wildman–Crippen MR) is 64.8 cm³/mol. The fourth-order valence-corrected chi connectivity index (χ4v) is 2.37. The van der Waals surface area contributed by atoms with Crippen LogP contribution < -0.4 is 5.73 Å². The first-order chi connectivity index (χ1) is 8.23. The lowest BCUT2D eigenvalue weighted by molar-refractivity contribution is -0.508.